The van der Waals surface area contributed by atoms with Gasteiger partial charge in [0, 0.05) is 50.9 Å². The van der Waals surface area contributed by atoms with Crippen LogP contribution in [-0.4, -0.2) is 89.6 Å². The molecule has 5 heterocycles. The van der Waals surface area contributed by atoms with Crippen LogP contribution in [0.4, 0.5) is 18.0 Å². The third kappa shape index (κ3) is 3.84. The molecule has 1 aromatic rings. The van der Waals surface area contributed by atoms with Crippen molar-refractivity contribution >= 4 is 11.9 Å². The van der Waals surface area contributed by atoms with E-state index >= 15 is 0 Å². The molecule has 4 aliphatic rings. The summed E-state index contributed by atoms with van der Waals surface area (Å²) >= 11 is 0. The molecule has 1 aromatic heterocycles. The van der Waals surface area contributed by atoms with Gasteiger partial charge in [0.1, 0.15) is 12.3 Å². The Morgan fingerprint density at radius 1 is 1.16 bits per heavy atom. The highest BCUT2D eigenvalue weighted by atomic mass is 19.4. The van der Waals surface area contributed by atoms with Crippen LogP contribution >= 0.6 is 0 Å². The van der Waals surface area contributed by atoms with E-state index in [0.717, 1.165) is 31.1 Å². The molecule has 0 saturated carbocycles. The summed E-state index contributed by atoms with van der Waals surface area (Å²) in [6, 6.07) is 2.48. The molecular weight excluding hydrogens is 415 g/mol. The molecule has 4 saturated heterocycles. The van der Waals surface area contributed by atoms with Gasteiger partial charge in [-0.3, -0.25) is 14.7 Å². The van der Waals surface area contributed by atoms with Crippen molar-refractivity contribution in [2.45, 2.75) is 24.7 Å². The summed E-state index contributed by atoms with van der Waals surface area (Å²) < 4.78 is 43.3. The van der Waals surface area contributed by atoms with Crippen LogP contribution in [0.1, 0.15) is 17.7 Å². The van der Waals surface area contributed by atoms with Crippen molar-refractivity contribution in [3.8, 4) is 0 Å². The number of halogens is 3. The number of alkyl halides is 3. The maximum absolute atomic E-state index is 12.7. The Kier molecular flexibility index (Phi) is 4.67. The van der Waals surface area contributed by atoms with Gasteiger partial charge in [0.15, 0.2) is 0 Å². The minimum atomic E-state index is -4.43. The van der Waals surface area contributed by atoms with Crippen LogP contribution in [0.15, 0.2) is 18.3 Å². The molecule has 1 N–H and O–H groups in total. The van der Waals surface area contributed by atoms with Crippen molar-refractivity contribution < 1.29 is 27.5 Å². The van der Waals surface area contributed by atoms with Crippen LogP contribution in [0.25, 0.3) is 0 Å². The average Bonchev–Trinajstić information content (AvgIpc) is 3.08. The molecule has 8 nitrogen and oxygen atoms in total. The quantitative estimate of drug-likeness (QED) is 0.742. The minimum absolute atomic E-state index is 0.0125. The molecule has 5 rings (SSSR count). The Morgan fingerprint density at radius 2 is 1.90 bits per heavy atom. The van der Waals surface area contributed by atoms with Gasteiger partial charge < -0.3 is 19.9 Å². The zero-order valence-electron chi connectivity index (χ0n) is 17.0. The predicted molar refractivity (Wildman–Crippen MR) is 102 cm³/mol. The first kappa shape index (κ1) is 20.5. The Morgan fingerprint density at radius 3 is 2.55 bits per heavy atom. The topological polar surface area (TPSA) is 78.0 Å². The van der Waals surface area contributed by atoms with Crippen molar-refractivity contribution in [3.05, 3.63) is 29.6 Å². The minimum Gasteiger partial charge on any atom is -0.369 e. The van der Waals surface area contributed by atoms with Crippen molar-refractivity contribution in [3.63, 3.8) is 0 Å². The second-order valence-corrected chi connectivity index (χ2v) is 9.33. The molecule has 0 radical (unpaired) electrons. The number of morpholine rings is 1. The highest BCUT2D eigenvalue weighted by Crippen LogP contribution is 2.41. The molecule has 0 bridgehead atoms. The van der Waals surface area contributed by atoms with Gasteiger partial charge in [0.05, 0.1) is 12.1 Å². The van der Waals surface area contributed by atoms with E-state index in [2.05, 4.69) is 15.2 Å². The van der Waals surface area contributed by atoms with Crippen LogP contribution in [0, 0.1) is 5.41 Å². The molecule has 11 heteroatoms. The fourth-order valence-electron chi connectivity index (χ4n) is 5.16. The summed E-state index contributed by atoms with van der Waals surface area (Å²) in [5.74, 6) is -0.143. The van der Waals surface area contributed by atoms with Crippen molar-refractivity contribution in [1.29, 1.82) is 0 Å². The Hall–Kier alpha value is -2.40. The largest absolute Gasteiger partial charge is 0.433 e. The number of rotatable bonds is 2. The zero-order valence-corrected chi connectivity index (χ0v) is 17.0. The zero-order chi connectivity index (χ0) is 21.9. The lowest BCUT2D eigenvalue weighted by atomic mass is 9.79. The first-order valence-electron chi connectivity index (χ1n) is 10.3. The Bertz CT molecular complexity index is 879. The fraction of sp³-hybridized carbons (Fsp3) is 0.650. The lowest BCUT2D eigenvalue weighted by Gasteiger charge is -2.56. The van der Waals surface area contributed by atoms with Crippen LogP contribution in [0.2, 0.25) is 0 Å². The number of carbonyl (C=O) groups is 2. The number of pyridine rings is 1. The van der Waals surface area contributed by atoms with Crippen LogP contribution in [-0.2, 0) is 22.3 Å². The van der Waals surface area contributed by atoms with E-state index in [1.54, 1.807) is 4.90 Å². The van der Waals surface area contributed by atoms with Gasteiger partial charge in [-0.25, -0.2) is 4.79 Å². The summed E-state index contributed by atoms with van der Waals surface area (Å²) in [6.07, 6.45) is -2.18. The number of nitrogens with zero attached hydrogens (tertiary/aromatic N) is 4. The first-order valence-corrected chi connectivity index (χ1v) is 10.3. The lowest BCUT2D eigenvalue weighted by molar-refractivity contribution is -0.142. The summed E-state index contributed by atoms with van der Waals surface area (Å²) in [6.45, 7) is 5.01. The normalized spacial score (nSPS) is 24.8. The van der Waals surface area contributed by atoms with Crippen LogP contribution in [0.3, 0.4) is 0 Å². The molecule has 0 aliphatic carbocycles. The SMILES string of the molecule is O=C1COCC2(CN(C(=O)N3CC4(CCN(Cc5ccc(C(F)(F)F)nc5)C4)C3)C2)N1. The third-order valence-electron chi connectivity index (χ3n) is 6.64. The highest BCUT2D eigenvalue weighted by molar-refractivity contribution is 5.81. The number of likely N-dealkylation sites (tertiary alicyclic amines) is 3. The Labute approximate surface area is 177 Å². The number of amides is 3. The number of carbonyl (C=O) groups excluding carboxylic acids is 2. The molecule has 4 aliphatic heterocycles. The van der Waals surface area contributed by atoms with E-state index < -0.39 is 17.4 Å². The Balaban J connectivity index is 1.09. The smallest absolute Gasteiger partial charge is 0.369 e. The predicted octanol–water partition coefficient (Wildman–Crippen LogP) is 0.929. The molecule has 31 heavy (non-hydrogen) atoms. The van der Waals surface area contributed by atoms with Gasteiger partial charge in [-0.1, -0.05) is 6.07 Å². The second-order valence-electron chi connectivity index (χ2n) is 9.33. The number of ether oxygens (including phenoxy) is 1. The third-order valence-corrected chi connectivity index (χ3v) is 6.64. The van der Waals surface area contributed by atoms with Crippen LogP contribution < -0.4 is 5.32 Å². The number of aromatic nitrogens is 1. The van der Waals surface area contributed by atoms with Gasteiger partial charge in [0.25, 0.3) is 0 Å². The summed E-state index contributed by atoms with van der Waals surface area (Å²) in [5.41, 5.74) is -0.512. The number of hydrogen-bond acceptors (Lipinski definition) is 5. The maximum atomic E-state index is 12.7. The van der Waals surface area contributed by atoms with E-state index in [1.165, 1.54) is 12.3 Å². The van der Waals surface area contributed by atoms with E-state index in [-0.39, 0.29) is 24.0 Å². The van der Waals surface area contributed by atoms with Crippen molar-refractivity contribution in [2.24, 2.45) is 5.41 Å². The summed E-state index contributed by atoms with van der Waals surface area (Å²) in [7, 11) is 0. The molecule has 0 atom stereocenters. The van der Waals surface area contributed by atoms with Crippen molar-refractivity contribution in [2.75, 3.05) is 52.5 Å². The molecule has 2 spiro atoms. The van der Waals surface area contributed by atoms with Gasteiger partial charge in [-0.15, -0.1) is 0 Å². The van der Waals surface area contributed by atoms with Gasteiger partial charge in [0.2, 0.25) is 5.91 Å². The molecule has 168 valence electrons. The van der Waals surface area contributed by atoms with E-state index in [0.29, 0.717) is 39.3 Å². The summed E-state index contributed by atoms with van der Waals surface area (Å²) in [5, 5.41) is 2.93. The summed E-state index contributed by atoms with van der Waals surface area (Å²) in [4.78, 5) is 33.6. The maximum Gasteiger partial charge on any atom is 0.433 e. The fourth-order valence-corrected chi connectivity index (χ4v) is 5.16. The lowest BCUT2D eigenvalue weighted by Crippen LogP contribution is -2.77. The van der Waals surface area contributed by atoms with E-state index in [4.69, 9.17) is 4.74 Å². The van der Waals surface area contributed by atoms with E-state index in [1.807, 2.05) is 4.90 Å². The monoisotopic (exact) mass is 439 g/mol. The van der Waals surface area contributed by atoms with Crippen molar-refractivity contribution in [1.82, 2.24) is 25.0 Å². The molecule has 4 fully saturated rings. The van der Waals surface area contributed by atoms with E-state index in [9.17, 15) is 22.8 Å². The standard InChI is InChI=1S/C20H24F3N5O3/c21-20(22,23)15-2-1-14(5-24-15)6-26-4-3-18(8-26)9-27(10-18)17(30)28-11-19(12-28)13-31-7-16(29)25-19/h1-2,5H,3-4,6-13H2,(H,25,29). The number of urea groups is 1. The molecular formula is C20H24F3N5O3. The second kappa shape index (κ2) is 7.06. The van der Waals surface area contributed by atoms with Gasteiger partial charge in [-0.05, 0) is 24.6 Å². The number of hydrogen-bond donors (Lipinski definition) is 1. The number of nitrogens with one attached hydrogen (secondary N) is 1. The molecule has 0 unspecified atom stereocenters. The van der Waals surface area contributed by atoms with Crippen LogP contribution in [0.5, 0.6) is 0 Å². The molecule has 3 amide bonds. The first-order chi connectivity index (χ1) is 14.7. The van der Waals surface area contributed by atoms with Gasteiger partial charge >= 0.3 is 12.2 Å². The highest BCUT2D eigenvalue weighted by Gasteiger charge is 2.54. The average molecular weight is 439 g/mol. The van der Waals surface area contributed by atoms with Gasteiger partial charge in [-0.2, -0.15) is 13.2 Å². The molecule has 0 aromatic carbocycles.